The molecule has 0 aliphatic rings. The van der Waals surface area contributed by atoms with Gasteiger partial charge in [-0.15, -0.1) is 6.58 Å². The van der Waals surface area contributed by atoms with Crippen LogP contribution in [0.5, 0.6) is 0 Å². The molecule has 66 valence electrons. The lowest BCUT2D eigenvalue weighted by molar-refractivity contribution is -0.153. The van der Waals surface area contributed by atoms with Crippen LogP contribution in [0.4, 0.5) is 13.2 Å². The molecule has 0 aromatic carbocycles. The van der Waals surface area contributed by atoms with Crippen molar-refractivity contribution in [2.45, 2.75) is 31.5 Å². The molecule has 0 fully saturated rings. The fourth-order valence-electron chi connectivity index (χ4n) is 0.679. The van der Waals surface area contributed by atoms with Crippen molar-refractivity contribution < 1.29 is 18.3 Å². The highest BCUT2D eigenvalue weighted by Crippen LogP contribution is 2.22. The van der Waals surface area contributed by atoms with Gasteiger partial charge in [-0.05, 0) is 12.8 Å². The van der Waals surface area contributed by atoms with Crippen molar-refractivity contribution in [3.63, 3.8) is 0 Å². The minimum absolute atomic E-state index is 0.128. The maximum absolute atomic E-state index is 11.5. The van der Waals surface area contributed by atoms with Crippen molar-refractivity contribution in [2.24, 2.45) is 0 Å². The van der Waals surface area contributed by atoms with Gasteiger partial charge in [0, 0.05) is 0 Å². The Hall–Kier alpha value is -0.510. The Morgan fingerprint density at radius 1 is 1.45 bits per heavy atom. The SMILES string of the molecule is C=CCCC(O)CC(F)(F)F. The topological polar surface area (TPSA) is 20.2 Å². The molecule has 0 bridgehead atoms. The molecule has 0 saturated carbocycles. The highest BCUT2D eigenvalue weighted by molar-refractivity contribution is 4.70. The first-order valence-corrected chi connectivity index (χ1v) is 3.31. The third kappa shape index (κ3) is 7.39. The fraction of sp³-hybridized carbons (Fsp3) is 0.714. The number of hydrogen-bond donors (Lipinski definition) is 1. The van der Waals surface area contributed by atoms with Crippen LogP contribution in [0.1, 0.15) is 19.3 Å². The summed E-state index contributed by atoms with van der Waals surface area (Å²) >= 11 is 0. The Bertz CT molecular complexity index is 119. The molecule has 1 unspecified atom stereocenters. The van der Waals surface area contributed by atoms with E-state index in [0.717, 1.165) is 0 Å². The van der Waals surface area contributed by atoms with Crippen molar-refractivity contribution in [3.8, 4) is 0 Å². The molecule has 0 saturated heterocycles. The molecular weight excluding hydrogens is 157 g/mol. The molecule has 0 aromatic rings. The molecule has 1 atom stereocenters. The summed E-state index contributed by atoms with van der Waals surface area (Å²) < 4.78 is 34.6. The van der Waals surface area contributed by atoms with Crippen LogP contribution in [0.2, 0.25) is 0 Å². The Morgan fingerprint density at radius 2 is 2.00 bits per heavy atom. The molecule has 11 heavy (non-hydrogen) atoms. The Labute approximate surface area is 63.5 Å². The summed E-state index contributed by atoms with van der Waals surface area (Å²) in [5.41, 5.74) is 0. The van der Waals surface area contributed by atoms with Crippen LogP contribution in [-0.2, 0) is 0 Å². The van der Waals surface area contributed by atoms with E-state index < -0.39 is 18.7 Å². The predicted octanol–water partition coefficient (Wildman–Crippen LogP) is 2.27. The molecule has 0 radical (unpaired) electrons. The van der Waals surface area contributed by atoms with Gasteiger partial charge in [0.2, 0.25) is 0 Å². The zero-order valence-electron chi connectivity index (χ0n) is 6.06. The van der Waals surface area contributed by atoms with Crippen molar-refractivity contribution in [1.82, 2.24) is 0 Å². The number of aliphatic hydroxyl groups excluding tert-OH is 1. The third-order valence-electron chi connectivity index (χ3n) is 1.17. The summed E-state index contributed by atoms with van der Waals surface area (Å²) in [5.74, 6) is 0. The van der Waals surface area contributed by atoms with Gasteiger partial charge in [0.15, 0.2) is 0 Å². The first-order valence-electron chi connectivity index (χ1n) is 3.31. The average molecular weight is 168 g/mol. The highest BCUT2D eigenvalue weighted by Gasteiger charge is 2.30. The van der Waals surface area contributed by atoms with Gasteiger partial charge < -0.3 is 5.11 Å². The Morgan fingerprint density at radius 3 is 2.36 bits per heavy atom. The molecule has 0 aliphatic heterocycles. The number of alkyl halides is 3. The standard InChI is InChI=1S/C7H11F3O/c1-2-3-4-6(11)5-7(8,9)10/h2,6,11H,1,3-5H2. The van der Waals surface area contributed by atoms with Crippen molar-refractivity contribution in [2.75, 3.05) is 0 Å². The lowest BCUT2D eigenvalue weighted by Crippen LogP contribution is -2.18. The number of hydrogen-bond acceptors (Lipinski definition) is 1. The normalized spacial score (nSPS) is 14.5. The number of halogens is 3. The van der Waals surface area contributed by atoms with Crippen LogP contribution in [-0.4, -0.2) is 17.4 Å². The summed E-state index contributed by atoms with van der Waals surface area (Å²) in [6.45, 7) is 3.34. The zero-order chi connectivity index (χ0) is 8.91. The van der Waals surface area contributed by atoms with Gasteiger partial charge in [0.05, 0.1) is 12.5 Å². The molecule has 0 heterocycles. The molecule has 0 amide bonds. The van der Waals surface area contributed by atoms with Crippen LogP contribution in [0.25, 0.3) is 0 Å². The second kappa shape index (κ2) is 4.38. The van der Waals surface area contributed by atoms with Gasteiger partial charge in [0.25, 0.3) is 0 Å². The zero-order valence-corrected chi connectivity index (χ0v) is 6.06. The summed E-state index contributed by atoms with van der Waals surface area (Å²) in [7, 11) is 0. The lowest BCUT2D eigenvalue weighted by Gasteiger charge is -2.11. The number of rotatable bonds is 4. The third-order valence-corrected chi connectivity index (χ3v) is 1.17. The molecule has 0 aromatic heterocycles. The molecule has 4 heteroatoms. The second-order valence-electron chi connectivity index (χ2n) is 2.34. The van der Waals surface area contributed by atoms with Gasteiger partial charge in [-0.1, -0.05) is 6.08 Å². The van der Waals surface area contributed by atoms with Crippen LogP contribution >= 0.6 is 0 Å². The monoisotopic (exact) mass is 168 g/mol. The van der Waals surface area contributed by atoms with Gasteiger partial charge in [-0.2, -0.15) is 13.2 Å². The first kappa shape index (κ1) is 10.5. The second-order valence-corrected chi connectivity index (χ2v) is 2.34. The predicted molar refractivity (Wildman–Crippen MR) is 36.1 cm³/mol. The van der Waals surface area contributed by atoms with Gasteiger partial charge in [0.1, 0.15) is 0 Å². The van der Waals surface area contributed by atoms with Crippen LogP contribution in [0, 0.1) is 0 Å². The molecule has 1 nitrogen and oxygen atoms in total. The van der Waals surface area contributed by atoms with Crippen LogP contribution in [0.15, 0.2) is 12.7 Å². The van der Waals surface area contributed by atoms with E-state index in [-0.39, 0.29) is 6.42 Å². The van der Waals surface area contributed by atoms with E-state index >= 15 is 0 Å². The maximum Gasteiger partial charge on any atom is 0.391 e. The van der Waals surface area contributed by atoms with Crippen molar-refractivity contribution in [1.29, 1.82) is 0 Å². The summed E-state index contributed by atoms with van der Waals surface area (Å²) in [5, 5.41) is 8.75. The molecular formula is C7H11F3O. The van der Waals surface area contributed by atoms with Crippen LogP contribution < -0.4 is 0 Å². The average Bonchev–Trinajstić information content (AvgIpc) is 1.79. The van der Waals surface area contributed by atoms with E-state index in [2.05, 4.69) is 6.58 Å². The fourth-order valence-corrected chi connectivity index (χ4v) is 0.679. The molecule has 1 N–H and O–H groups in total. The summed E-state index contributed by atoms with van der Waals surface area (Å²) in [4.78, 5) is 0. The Balaban J connectivity index is 3.51. The summed E-state index contributed by atoms with van der Waals surface area (Å²) in [6, 6.07) is 0. The number of allylic oxidation sites excluding steroid dienone is 1. The molecule has 0 aliphatic carbocycles. The molecule has 0 rings (SSSR count). The van der Waals surface area contributed by atoms with E-state index in [1.54, 1.807) is 0 Å². The minimum Gasteiger partial charge on any atom is -0.393 e. The quantitative estimate of drug-likeness (QED) is 0.638. The molecule has 0 spiro atoms. The highest BCUT2D eigenvalue weighted by atomic mass is 19.4. The number of aliphatic hydroxyl groups is 1. The van der Waals surface area contributed by atoms with E-state index in [0.29, 0.717) is 6.42 Å². The van der Waals surface area contributed by atoms with Crippen molar-refractivity contribution >= 4 is 0 Å². The lowest BCUT2D eigenvalue weighted by atomic mass is 10.1. The van der Waals surface area contributed by atoms with E-state index in [1.165, 1.54) is 6.08 Å². The van der Waals surface area contributed by atoms with Gasteiger partial charge >= 0.3 is 6.18 Å². The van der Waals surface area contributed by atoms with E-state index in [9.17, 15) is 13.2 Å². The van der Waals surface area contributed by atoms with Gasteiger partial charge in [-0.25, -0.2) is 0 Å². The van der Waals surface area contributed by atoms with E-state index in [4.69, 9.17) is 5.11 Å². The van der Waals surface area contributed by atoms with Gasteiger partial charge in [-0.3, -0.25) is 0 Å². The first-order chi connectivity index (χ1) is 4.95. The van der Waals surface area contributed by atoms with Crippen LogP contribution in [0.3, 0.4) is 0 Å². The maximum atomic E-state index is 11.5. The van der Waals surface area contributed by atoms with E-state index in [1.807, 2.05) is 0 Å². The largest absolute Gasteiger partial charge is 0.393 e. The summed E-state index contributed by atoms with van der Waals surface area (Å²) in [6.07, 6.45) is -4.64. The van der Waals surface area contributed by atoms with Crippen molar-refractivity contribution in [3.05, 3.63) is 12.7 Å². The Kier molecular flexibility index (Phi) is 4.18. The smallest absolute Gasteiger partial charge is 0.391 e. The minimum atomic E-state index is -4.26.